The van der Waals surface area contributed by atoms with Gasteiger partial charge in [-0.1, -0.05) is 42.3 Å². The van der Waals surface area contributed by atoms with E-state index < -0.39 is 0 Å². The molecule has 0 aliphatic heterocycles. The summed E-state index contributed by atoms with van der Waals surface area (Å²) in [4.78, 5) is 0. The number of rotatable bonds is 6. The van der Waals surface area contributed by atoms with Crippen molar-refractivity contribution < 1.29 is 0 Å². The van der Waals surface area contributed by atoms with E-state index in [1.165, 1.54) is 5.56 Å². The van der Waals surface area contributed by atoms with Crippen molar-refractivity contribution in [1.82, 2.24) is 9.78 Å². The van der Waals surface area contributed by atoms with Crippen LogP contribution in [0.3, 0.4) is 0 Å². The van der Waals surface area contributed by atoms with Crippen molar-refractivity contribution in [2.24, 2.45) is 18.7 Å². The third kappa shape index (κ3) is 4.00. The summed E-state index contributed by atoms with van der Waals surface area (Å²) in [6.45, 7) is 2.68. The molecule has 2 aromatic rings. The summed E-state index contributed by atoms with van der Waals surface area (Å²) < 4.78 is 1.88. The van der Waals surface area contributed by atoms with Crippen molar-refractivity contribution in [1.29, 1.82) is 0 Å². The van der Waals surface area contributed by atoms with Crippen LogP contribution >= 0.6 is 23.2 Å². The zero-order valence-electron chi connectivity index (χ0n) is 12.4. The highest BCUT2D eigenvalue weighted by atomic mass is 35.5. The molecule has 1 atom stereocenters. The lowest BCUT2D eigenvalue weighted by Gasteiger charge is -2.15. The lowest BCUT2D eigenvalue weighted by molar-refractivity contribution is 0.511. The maximum atomic E-state index is 6.41. The summed E-state index contributed by atoms with van der Waals surface area (Å²) in [5, 5.41) is 6.00. The number of halogens is 2. The predicted octanol–water partition coefficient (Wildman–Crippen LogP) is 3.65. The highest BCUT2D eigenvalue weighted by Gasteiger charge is 2.17. The number of nitrogens with two attached hydrogens (primary N) is 1. The van der Waals surface area contributed by atoms with Crippen LogP contribution in [0.15, 0.2) is 24.3 Å². The van der Waals surface area contributed by atoms with Gasteiger partial charge in [0.1, 0.15) is 0 Å². The van der Waals surface area contributed by atoms with E-state index in [2.05, 4.69) is 12.0 Å². The number of hydrogen-bond donors (Lipinski definition) is 1. The first-order chi connectivity index (χ1) is 10.0. The minimum absolute atomic E-state index is 0.337. The van der Waals surface area contributed by atoms with Gasteiger partial charge in [0.2, 0.25) is 0 Å². The van der Waals surface area contributed by atoms with E-state index in [1.807, 2.05) is 36.0 Å². The first-order valence-corrected chi connectivity index (χ1v) is 7.95. The van der Waals surface area contributed by atoms with Gasteiger partial charge in [-0.3, -0.25) is 4.68 Å². The minimum Gasteiger partial charge on any atom is -0.330 e. The van der Waals surface area contributed by atoms with Crippen molar-refractivity contribution in [3.8, 4) is 0 Å². The Hall–Kier alpha value is -1.03. The van der Waals surface area contributed by atoms with E-state index >= 15 is 0 Å². The fraction of sp³-hybridized carbons (Fsp3) is 0.438. The van der Waals surface area contributed by atoms with Crippen LogP contribution in [0.4, 0.5) is 0 Å². The Bertz CT molecular complexity index is 590. The van der Waals surface area contributed by atoms with Crippen LogP contribution in [0.1, 0.15) is 23.9 Å². The zero-order valence-corrected chi connectivity index (χ0v) is 14.0. The molecule has 0 fully saturated rings. The number of nitrogens with zero attached hydrogens (tertiary/aromatic N) is 2. The summed E-state index contributed by atoms with van der Waals surface area (Å²) in [6.07, 6.45) is 2.59. The van der Waals surface area contributed by atoms with E-state index in [-0.39, 0.29) is 0 Å². The van der Waals surface area contributed by atoms with E-state index in [9.17, 15) is 0 Å². The molecule has 1 aromatic heterocycles. The van der Waals surface area contributed by atoms with Crippen LogP contribution in [0.5, 0.6) is 0 Å². The molecule has 0 saturated heterocycles. The molecule has 114 valence electrons. The van der Waals surface area contributed by atoms with Gasteiger partial charge in [-0.2, -0.15) is 5.10 Å². The van der Waals surface area contributed by atoms with Crippen LogP contribution < -0.4 is 5.73 Å². The number of hydrogen-bond acceptors (Lipinski definition) is 2. The van der Waals surface area contributed by atoms with Gasteiger partial charge in [0.15, 0.2) is 0 Å². The zero-order chi connectivity index (χ0) is 15.4. The molecule has 3 nitrogen and oxygen atoms in total. The van der Waals surface area contributed by atoms with E-state index in [0.717, 1.165) is 40.7 Å². The summed E-state index contributed by atoms with van der Waals surface area (Å²) >= 11 is 12.3. The van der Waals surface area contributed by atoms with Gasteiger partial charge in [-0.25, -0.2) is 0 Å². The molecule has 0 saturated carbocycles. The number of aryl methyl sites for hydroxylation is 2. The topological polar surface area (TPSA) is 43.8 Å². The van der Waals surface area contributed by atoms with E-state index in [4.69, 9.17) is 28.9 Å². The number of benzene rings is 1. The highest BCUT2D eigenvalue weighted by molar-refractivity contribution is 6.32. The van der Waals surface area contributed by atoms with Gasteiger partial charge < -0.3 is 5.73 Å². The normalized spacial score (nSPS) is 12.6. The molecule has 1 unspecified atom stereocenters. The molecule has 0 bridgehead atoms. The Morgan fingerprint density at radius 3 is 2.38 bits per heavy atom. The fourth-order valence-corrected chi connectivity index (χ4v) is 3.00. The fourth-order valence-electron chi connectivity index (χ4n) is 2.51. The Labute approximate surface area is 136 Å². The second-order valence-corrected chi connectivity index (χ2v) is 6.14. The molecule has 0 aliphatic carbocycles. The third-order valence-electron chi connectivity index (χ3n) is 3.76. The summed E-state index contributed by atoms with van der Waals surface area (Å²) in [7, 11) is 1.94. The molecule has 1 aromatic carbocycles. The van der Waals surface area contributed by atoms with Gasteiger partial charge in [0.25, 0.3) is 0 Å². The van der Waals surface area contributed by atoms with Gasteiger partial charge in [-0.15, -0.1) is 0 Å². The van der Waals surface area contributed by atoms with Crippen molar-refractivity contribution in [2.45, 2.75) is 26.2 Å². The van der Waals surface area contributed by atoms with Crippen LogP contribution in [-0.2, 0) is 26.3 Å². The van der Waals surface area contributed by atoms with Crippen molar-refractivity contribution in [2.75, 3.05) is 6.54 Å². The van der Waals surface area contributed by atoms with Gasteiger partial charge in [0, 0.05) is 12.1 Å². The lowest BCUT2D eigenvalue weighted by atomic mass is 9.94. The first kappa shape index (κ1) is 16.3. The molecule has 5 heteroatoms. The smallest absolute Gasteiger partial charge is 0.0849 e. The summed E-state index contributed by atoms with van der Waals surface area (Å²) in [5.41, 5.74) is 9.20. The Morgan fingerprint density at radius 1 is 1.19 bits per heavy atom. The van der Waals surface area contributed by atoms with E-state index in [0.29, 0.717) is 12.5 Å². The van der Waals surface area contributed by atoms with Gasteiger partial charge in [0.05, 0.1) is 16.4 Å². The predicted molar refractivity (Wildman–Crippen MR) is 89.0 cm³/mol. The average Bonchev–Trinajstić information content (AvgIpc) is 2.75. The molecular formula is C16H21Cl2N3. The number of aromatic nitrogens is 2. The maximum absolute atomic E-state index is 6.41. The second-order valence-electron chi connectivity index (χ2n) is 5.32. The van der Waals surface area contributed by atoms with Crippen molar-refractivity contribution in [3.63, 3.8) is 0 Å². The SMILES string of the molecule is CCc1nn(C)c(CC(CN)Cc2ccc(Cl)cc2)c1Cl. The monoisotopic (exact) mass is 325 g/mol. The molecule has 0 amide bonds. The molecular weight excluding hydrogens is 305 g/mol. The summed E-state index contributed by atoms with van der Waals surface area (Å²) in [6, 6.07) is 7.92. The summed E-state index contributed by atoms with van der Waals surface area (Å²) in [5.74, 6) is 0.337. The highest BCUT2D eigenvalue weighted by Crippen LogP contribution is 2.24. The van der Waals surface area contributed by atoms with E-state index in [1.54, 1.807) is 0 Å². The second kappa shape index (κ2) is 7.30. The Balaban J connectivity index is 2.12. The molecule has 21 heavy (non-hydrogen) atoms. The van der Waals surface area contributed by atoms with Crippen LogP contribution in [0.2, 0.25) is 10.0 Å². The minimum atomic E-state index is 0.337. The van der Waals surface area contributed by atoms with Crippen molar-refractivity contribution in [3.05, 3.63) is 51.3 Å². The van der Waals surface area contributed by atoms with Crippen molar-refractivity contribution >= 4 is 23.2 Å². The Kier molecular flexibility index (Phi) is 5.68. The molecule has 0 radical (unpaired) electrons. The maximum Gasteiger partial charge on any atom is 0.0849 e. The quantitative estimate of drug-likeness (QED) is 0.880. The molecule has 2 rings (SSSR count). The van der Waals surface area contributed by atoms with Gasteiger partial charge in [-0.05, 0) is 49.4 Å². The first-order valence-electron chi connectivity index (χ1n) is 7.19. The molecule has 2 N–H and O–H groups in total. The molecule has 1 heterocycles. The van der Waals surface area contributed by atoms with Crippen LogP contribution in [0, 0.1) is 5.92 Å². The molecule has 0 spiro atoms. The lowest BCUT2D eigenvalue weighted by Crippen LogP contribution is -2.20. The van der Waals surface area contributed by atoms with Gasteiger partial charge >= 0.3 is 0 Å². The molecule has 0 aliphatic rings. The van der Waals surface area contributed by atoms with Crippen LogP contribution in [-0.4, -0.2) is 16.3 Å². The third-order valence-corrected chi connectivity index (χ3v) is 4.44. The Morgan fingerprint density at radius 2 is 1.86 bits per heavy atom. The standard InChI is InChI=1S/C16H21Cl2N3/c1-3-14-16(18)15(21(2)20-14)9-12(10-19)8-11-4-6-13(17)7-5-11/h4-7,12H,3,8-10,19H2,1-2H3. The average molecular weight is 326 g/mol. The van der Waals surface area contributed by atoms with Crippen LogP contribution in [0.25, 0.3) is 0 Å². The largest absolute Gasteiger partial charge is 0.330 e.